The minimum Gasteiger partial charge on any atom is -0.493 e. The molecule has 0 aliphatic carbocycles. The zero-order valence-corrected chi connectivity index (χ0v) is 16.3. The monoisotopic (exact) mass is 412 g/mol. The van der Waals surface area contributed by atoms with Gasteiger partial charge in [-0.25, -0.2) is 14.8 Å². The second-order valence-corrected chi connectivity index (χ2v) is 6.60. The molecule has 0 fully saturated rings. The van der Waals surface area contributed by atoms with E-state index in [0.717, 1.165) is 4.57 Å². The molecule has 3 N–H and O–H groups in total. The molecular weight excluding hydrogens is 396 g/mol. The van der Waals surface area contributed by atoms with Crippen molar-refractivity contribution < 1.29 is 9.90 Å². The number of hydrogen-bond donors (Lipinski definition) is 3. The lowest BCUT2D eigenvalue weighted by Gasteiger charge is -2.13. The Kier molecular flexibility index (Phi) is 5.65. The first kappa shape index (κ1) is 20.1. The molecule has 0 radical (unpaired) electrons. The van der Waals surface area contributed by atoms with E-state index in [-0.39, 0.29) is 21.9 Å². The second kappa shape index (κ2) is 8.15. The number of aromatic nitrogens is 2. The molecule has 1 amide bonds. The van der Waals surface area contributed by atoms with Gasteiger partial charge in [0.15, 0.2) is 0 Å². The van der Waals surface area contributed by atoms with Gasteiger partial charge in [-0.2, -0.15) is 5.10 Å². The molecule has 3 rings (SSSR count). The number of H-pyrrole nitrogens is 1. The van der Waals surface area contributed by atoms with Crippen LogP contribution in [0.15, 0.2) is 63.2 Å². The maximum absolute atomic E-state index is 12.3. The average Bonchev–Trinajstić information content (AvgIpc) is 2.67. The van der Waals surface area contributed by atoms with Gasteiger partial charge in [-0.15, -0.1) is 0 Å². The Balaban J connectivity index is 2.04. The van der Waals surface area contributed by atoms with E-state index in [1.54, 1.807) is 49.4 Å². The van der Waals surface area contributed by atoms with Crippen molar-refractivity contribution in [1.82, 2.24) is 15.0 Å². The lowest BCUT2D eigenvalue weighted by Crippen LogP contribution is -2.33. The molecule has 8 nitrogen and oxygen atoms in total. The Bertz CT molecular complexity index is 1240. The van der Waals surface area contributed by atoms with Crippen LogP contribution < -0.4 is 16.7 Å². The fourth-order valence-corrected chi connectivity index (χ4v) is 3.01. The number of halogens is 1. The molecule has 0 aliphatic rings. The van der Waals surface area contributed by atoms with E-state index in [1.165, 1.54) is 13.0 Å². The summed E-state index contributed by atoms with van der Waals surface area (Å²) in [5, 5.41) is 14.8. The van der Waals surface area contributed by atoms with E-state index >= 15 is 0 Å². The first-order chi connectivity index (χ1) is 13.8. The third-order valence-corrected chi connectivity index (χ3v) is 4.58. The number of para-hydroxylation sites is 1. The van der Waals surface area contributed by atoms with Crippen LogP contribution in [-0.2, 0) is 0 Å². The summed E-state index contributed by atoms with van der Waals surface area (Å²) in [4.78, 5) is 39.0. The summed E-state index contributed by atoms with van der Waals surface area (Å²) < 4.78 is 0.973. The van der Waals surface area contributed by atoms with Gasteiger partial charge in [-0.3, -0.25) is 14.6 Å². The van der Waals surface area contributed by atoms with Crippen molar-refractivity contribution in [2.45, 2.75) is 13.8 Å². The fraction of sp³-hybridized carbons (Fsp3) is 0.100. The highest BCUT2D eigenvalue weighted by molar-refractivity contribution is 6.33. The Morgan fingerprint density at radius 3 is 2.48 bits per heavy atom. The van der Waals surface area contributed by atoms with Gasteiger partial charge in [0.25, 0.3) is 11.5 Å². The van der Waals surface area contributed by atoms with Crippen molar-refractivity contribution in [2.24, 2.45) is 5.10 Å². The van der Waals surface area contributed by atoms with Gasteiger partial charge < -0.3 is 5.11 Å². The molecule has 148 valence electrons. The highest BCUT2D eigenvalue weighted by Crippen LogP contribution is 2.20. The number of carbonyl (C=O) groups excluding carboxylic acids is 1. The molecular formula is C20H17ClN4O4. The van der Waals surface area contributed by atoms with Crippen LogP contribution in [-0.4, -0.2) is 26.3 Å². The zero-order chi connectivity index (χ0) is 21.1. The molecule has 1 heterocycles. The number of hydrogen-bond acceptors (Lipinski definition) is 5. The molecule has 0 bridgehead atoms. The number of nitrogens with zero attached hydrogens (tertiary/aromatic N) is 2. The predicted molar refractivity (Wildman–Crippen MR) is 110 cm³/mol. The number of amides is 1. The summed E-state index contributed by atoms with van der Waals surface area (Å²) in [6.07, 6.45) is 0. The smallest absolute Gasteiger partial charge is 0.335 e. The normalized spacial score (nSPS) is 11.3. The Morgan fingerprint density at radius 2 is 1.79 bits per heavy atom. The molecule has 0 aliphatic heterocycles. The molecule has 0 saturated carbocycles. The van der Waals surface area contributed by atoms with Gasteiger partial charge in [0.2, 0.25) is 5.88 Å². The summed E-state index contributed by atoms with van der Waals surface area (Å²) in [5.41, 5.74) is 1.75. The molecule has 29 heavy (non-hydrogen) atoms. The summed E-state index contributed by atoms with van der Waals surface area (Å²) in [6, 6.07) is 13.3. The molecule has 0 unspecified atom stereocenters. The Hall–Kier alpha value is -3.65. The van der Waals surface area contributed by atoms with Gasteiger partial charge >= 0.3 is 5.69 Å². The van der Waals surface area contributed by atoms with Crippen LogP contribution in [0.2, 0.25) is 5.02 Å². The lowest BCUT2D eigenvalue weighted by atomic mass is 10.1. The van der Waals surface area contributed by atoms with Crippen molar-refractivity contribution in [3.8, 4) is 11.6 Å². The van der Waals surface area contributed by atoms with Gasteiger partial charge in [-0.1, -0.05) is 41.9 Å². The quantitative estimate of drug-likeness (QED) is 0.450. The third-order valence-electron chi connectivity index (χ3n) is 4.25. The van der Waals surface area contributed by atoms with Crippen LogP contribution in [0.3, 0.4) is 0 Å². The number of carbonyl (C=O) groups is 1. The molecule has 9 heteroatoms. The number of aromatic hydroxyl groups is 1. The van der Waals surface area contributed by atoms with Gasteiger partial charge in [0.1, 0.15) is 5.56 Å². The number of aryl methyl sites for hydroxylation is 1. The largest absolute Gasteiger partial charge is 0.493 e. The first-order valence-corrected chi connectivity index (χ1v) is 8.93. The number of aromatic amines is 1. The summed E-state index contributed by atoms with van der Waals surface area (Å²) in [7, 11) is 0. The SMILES string of the molecule is C/C(=N/NC(=O)c1ccccc1Cl)c1c(O)n(-c2ccccc2C)c(=O)[nH]c1=O. The van der Waals surface area contributed by atoms with Crippen molar-refractivity contribution in [3.05, 3.63) is 91.1 Å². The molecule has 0 atom stereocenters. The molecule has 2 aromatic carbocycles. The Labute approximate surface area is 170 Å². The van der Waals surface area contributed by atoms with E-state index in [0.29, 0.717) is 11.3 Å². The number of rotatable bonds is 4. The van der Waals surface area contributed by atoms with Crippen molar-refractivity contribution in [3.63, 3.8) is 0 Å². The van der Waals surface area contributed by atoms with Gasteiger partial charge in [0.05, 0.1) is 22.0 Å². The molecule has 0 saturated heterocycles. The van der Waals surface area contributed by atoms with E-state index in [1.807, 2.05) is 0 Å². The lowest BCUT2D eigenvalue weighted by molar-refractivity contribution is 0.0955. The number of benzene rings is 2. The maximum atomic E-state index is 12.3. The summed E-state index contributed by atoms with van der Waals surface area (Å²) >= 11 is 5.98. The van der Waals surface area contributed by atoms with Crippen LogP contribution >= 0.6 is 11.6 Å². The van der Waals surface area contributed by atoms with Crippen LogP contribution in [0, 0.1) is 6.92 Å². The summed E-state index contributed by atoms with van der Waals surface area (Å²) in [5.74, 6) is -1.17. The van der Waals surface area contributed by atoms with E-state index in [9.17, 15) is 19.5 Å². The minimum absolute atomic E-state index is 0.00601. The van der Waals surface area contributed by atoms with Crippen LogP contribution in [0.4, 0.5) is 0 Å². The molecule has 1 aromatic heterocycles. The fourth-order valence-electron chi connectivity index (χ4n) is 2.79. The average molecular weight is 413 g/mol. The molecule has 3 aromatic rings. The molecule has 0 spiro atoms. The predicted octanol–water partition coefficient (Wildman–Crippen LogP) is 2.35. The number of hydrazone groups is 1. The number of nitrogens with one attached hydrogen (secondary N) is 2. The minimum atomic E-state index is -0.828. The third kappa shape index (κ3) is 3.97. The van der Waals surface area contributed by atoms with E-state index in [2.05, 4.69) is 15.5 Å². The van der Waals surface area contributed by atoms with Gasteiger partial charge in [0, 0.05) is 0 Å². The van der Waals surface area contributed by atoms with Crippen LogP contribution in [0.25, 0.3) is 5.69 Å². The van der Waals surface area contributed by atoms with E-state index in [4.69, 9.17) is 11.6 Å². The summed E-state index contributed by atoms with van der Waals surface area (Å²) in [6.45, 7) is 3.18. The van der Waals surface area contributed by atoms with E-state index < -0.39 is 23.0 Å². The van der Waals surface area contributed by atoms with Crippen molar-refractivity contribution in [1.29, 1.82) is 0 Å². The highest BCUT2D eigenvalue weighted by Gasteiger charge is 2.19. The van der Waals surface area contributed by atoms with Crippen LogP contribution in [0.5, 0.6) is 5.88 Å². The second-order valence-electron chi connectivity index (χ2n) is 6.20. The zero-order valence-electron chi connectivity index (χ0n) is 15.6. The topological polar surface area (TPSA) is 117 Å². The van der Waals surface area contributed by atoms with Crippen molar-refractivity contribution >= 4 is 23.2 Å². The first-order valence-electron chi connectivity index (χ1n) is 8.55. The maximum Gasteiger partial charge on any atom is 0.335 e. The standard InChI is InChI=1S/C20H17ClN4O4/c1-11-7-3-6-10-15(11)25-19(28)16(18(27)22-20(25)29)12(2)23-24-17(26)13-8-4-5-9-14(13)21/h3-10,28H,1-2H3,(H,24,26)(H,22,27,29)/b23-12-. The van der Waals surface area contributed by atoms with Crippen molar-refractivity contribution in [2.75, 3.05) is 0 Å². The van der Waals surface area contributed by atoms with Crippen LogP contribution in [0.1, 0.15) is 28.4 Å². The Morgan fingerprint density at radius 1 is 1.14 bits per heavy atom. The highest BCUT2D eigenvalue weighted by atomic mass is 35.5. The van der Waals surface area contributed by atoms with Gasteiger partial charge in [-0.05, 0) is 37.6 Å².